The number of hydrogen-bond acceptors (Lipinski definition) is 5. The van der Waals surface area contributed by atoms with E-state index in [9.17, 15) is 10.1 Å². The predicted octanol–water partition coefficient (Wildman–Crippen LogP) is 2.24. The van der Waals surface area contributed by atoms with E-state index in [4.69, 9.17) is 5.73 Å². The fourth-order valence-corrected chi connectivity index (χ4v) is 3.48. The first kappa shape index (κ1) is 14.1. The number of nitrogens with two attached hydrogens (primary N) is 1. The zero-order valence-electron chi connectivity index (χ0n) is 12.2. The molecular formula is C15H22N4O2. The fraction of sp³-hybridized carbons (Fsp3) is 0.600. The molecule has 0 amide bonds. The van der Waals surface area contributed by atoms with Crippen molar-refractivity contribution in [2.24, 2.45) is 0 Å². The van der Waals surface area contributed by atoms with Gasteiger partial charge in [0.05, 0.1) is 4.92 Å². The Labute approximate surface area is 124 Å². The highest BCUT2D eigenvalue weighted by Crippen LogP contribution is 2.30. The molecule has 0 aromatic heterocycles. The highest BCUT2D eigenvalue weighted by Gasteiger charge is 2.27. The molecule has 2 aliphatic rings. The molecule has 2 heterocycles. The van der Waals surface area contributed by atoms with Gasteiger partial charge in [-0.2, -0.15) is 0 Å². The van der Waals surface area contributed by atoms with Gasteiger partial charge in [-0.1, -0.05) is 0 Å². The molecule has 2 fully saturated rings. The van der Waals surface area contributed by atoms with Gasteiger partial charge in [-0.3, -0.25) is 10.1 Å². The molecule has 1 aromatic rings. The molecule has 0 spiro atoms. The van der Waals surface area contributed by atoms with Gasteiger partial charge in [0.25, 0.3) is 5.69 Å². The molecule has 0 radical (unpaired) electrons. The molecule has 2 N–H and O–H groups in total. The highest BCUT2D eigenvalue weighted by molar-refractivity contribution is 5.66. The molecule has 0 bridgehead atoms. The number of piperidine rings is 1. The van der Waals surface area contributed by atoms with Crippen LogP contribution in [0.5, 0.6) is 0 Å². The summed E-state index contributed by atoms with van der Waals surface area (Å²) < 4.78 is 0. The van der Waals surface area contributed by atoms with Crippen molar-refractivity contribution in [1.82, 2.24) is 4.90 Å². The molecule has 6 heteroatoms. The van der Waals surface area contributed by atoms with Crippen molar-refractivity contribution in [3.05, 3.63) is 28.3 Å². The zero-order valence-corrected chi connectivity index (χ0v) is 12.2. The third-order valence-electron chi connectivity index (χ3n) is 4.70. The van der Waals surface area contributed by atoms with Crippen LogP contribution in [0.15, 0.2) is 18.2 Å². The van der Waals surface area contributed by atoms with Crippen molar-refractivity contribution in [1.29, 1.82) is 0 Å². The van der Waals surface area contributed by atoms with Crippen LogP contribution in [0.1, 0.15) is 25.7 Å². The fourth-order valence-electron chi connectivity index (χ4n) is 3.48. The smallest absolute Gasteiger partial charge is 0.294 e. The van der Waals surface area contributed by atoms with Crippen LogP contribution in [0.25, 0.3) is 0 Å². The van der Waals surface area contributed by atoms with Crippen LogP contribution in [0, 0.1) is 10.1 Å². The summed E-state index contributed by atoms with van der Waals surface area (Å²) in [7, 11) is 0. The van der Waals surface area contributed by atoms with Gasteiger partial charge in [0.1, 0.15) is 5.69 Å². The van der Waals surface area contributed by atoms with Crippen LogP contribution in [-0.4, -0.2) is 42.0 Å². The van der Waals surface area contributed by atoms with Crippen molar-refractivity contribution in [3.63, 3.8) is 0 Å². The Bertz CT molecular complexity index is 520. The minimum absolute atomic E-state index is 0.00849. The van der Waals surface area contributed by atoms with Crippen LogP contribution in [0.3, 0.4) is 0 Å². The van der Waals surface area contributed by atoms with Gasteiger partial charge in [-0.25, -0.2) is 0 Å². The SMILES string of the molecule is Nc1ccc(N2CCC(N3CCCC3)CC2)cc1[N+](=O)[O-]. The number of hydrogen-bond donors (Lipinski definition) is 1. The van der Waals surface area contributed by atoms with Crippen molar-refractivity contribution in [3.8, 4) is 0 Å². The van der Waals surface area contributed by atoms with Crippen LogP contribution >= 0.6 is 0 Å². The van der Waals surface area contributed by atoms with E-state index in [-0.39, 0.29) is 11.4 Å². The lowest BCUT2D eigenvalue weighted by Gasteiger charge is -2.37. The molecule has 114 valence electrons. The largest absolute Gasteiger partial charge is 0.393 e. The Kier molecular flexibility index (Phi) is 3.96. The first-order valence-corrected chi connectivity index (χ1v) is 7.68. The normalized spacial score (nSPS) is 20.9. The number of nitrogen functional groups attached to an aromatic ring is 1. The maximum Gasteiger partial charge on any atom is 0.294 e. The van der Waals surface area contributed by atoms with Gasteiger partial charge in [-0.05, 0) is 50.9 Å². The average molecular weight is 290 g/mol. The van der Waals surface area contributed by atoms with E-state index in [1.54, 1.807) is 12.1 Å². The van der Waals surface area contributed by atoms with Gasteiger partial charge in [-0.15, -0.1) is 0 Å². The van der Waals surface area contributed by atoms with Crippen molar-refractivity contribution >= 4 is 17.1 Å². The predicted molar refractivity (Wildman–Crippen MR) is 83.6 cm³/mol. The van der Waals surface area contributed by atoms with Crippen LogP contribution in [0.4, 0.5) is 17.1 Å². The second kappa shape index (κ2) is 5.89. The van der Waals surface area contributed by atoms with Crippen LogP contribution in [-0.2, 0) is 0 Å². The average Bonchev–Trinajstić information content (AvgIpc) is 3.02. The molecule has 6 nitrogen and oxygen atoms in total. The lowest BCUT2D eigenvalue weighted by atomic mass is 10.0. The third-order valence-corrected chi connectivity index (χ3v) is 4.70. The number of benzene rings is 1. The van der Waals surface area contributed by atoms with E-state index < -0.39 is 4.92 Å². The van der Waals surface area contributed by atoms with Gasteiger partial charge in [0.2, 0.25) is 0 Å². The van der Waals surface area contributed by atoms with E-state index in [2.05, 4.69) is 9.80 Å². The van der Waals surface area contributed by atoms with Crippen LogP contribution in [0.2, 0.25) is 0 Å². The summed E-state index contributed by atoms with van der Waals surface area (Å²) in [6.07, 6.45) is 4.92. The molecule has 21 heavy (non-hydrogen) atoms. The number of anilines is 2. The summed E-state index contributed by atoms with van der Waals surface area (Å²) >= 11 is 0. The van der Waals surface area contributed by atoms with E-state index in [0.29, 0.717) is 6.04 Å². The van der Waals surface area contributed by atoms with E-state index in [1.165, 1.54) is 25.9 Å². The molecule has 2 saturated heterocycles. The van der Waals surface area contributed by atoms with Crippen molar-refractivity contribution in [2.45, 2.75) is 31.7 Å². The van der Waals surface area contributed by atoms with Gasteiger partial charge in [0.15, 0.2) is 0 Å². The Morgan fingerprint density at radius 1 is 1.14 bits per heavy atom. The molecule has 0 unspecified atom stereocenters. The number of nitro groups is 1. The maximum absolute atomic E-state index is 11.0. The summed E-state index contributed by atoms with van der Waals surface area (Å²) in [4.78, 5) is 15.4. The highest BCUT2D eigenvalue weighted by atomic mass is 16.6. The summed E-state index contributed by atoms with van der Waals surface area (Å²) in [5, 5.41) is 11.0. The summed E-state index contributed by atoms with van der Waals surface area (Å²) in [5.41, 5.74) is 6.81. The Hall–Kier alpha value is -1.82. The van der Waals surface area contributed by atoms with Crippen LogP contribution < -0.4 is 10.6 Å². The molecule has 0 aliphatic carbocycles. The molecule has 0 atom stereocenters. The summed E-state index contributed by atoms with van der Waals surface area (Å²) in [5.74, 6) is 0. The van der Waals surface area contributed by atoms with E-state index in [0.717, 1.165) is 31.6 Å². The Balaban J connectivity index is 1.66. The lowest BCUT2D eigenvalue weighted by molar-refractivity contribution is -0.383. The molecule has 0 saturated carbocycles. The third kappa shape index (κ3) is 2.95. The Morgan fingerprint density at radius 3 is 2.43 bits per heavy atom. The first-order valence-electron chi connectivity index (χ1n) is 7.68. The number of nitrogens with zero attached hydrogens (tertiary/aromatic N) is 3. The maximum atomic E-state index is 11.0. The van der Waals surface area contributed by atoms with Gasteiger partial charge >= 0.3 is 0 Å². The quantitative estimate of drug-likeness (QED) is 0.525. The number of likely N-dealkylation sites (tertiary alicyclic amines) is 1. The standard InChI is InChI=1S/C15H22N4O2/c16-14-4-3-13(11-15(14)19(20)21)18-9-5-12(6-10-18)17-7-1-2-8-17/h3-4,11-12H,1-2,5-10,16H2. The number of nitro benzene ring substituents is 1. The van der Waals surface area contributed by atoms with E-state index in [1.807, 2.05) is 6.07 Å². The minimum atomic E-state index is -0.407. The monoisotopic (exact) mass is 290 g/mol. The summed E-state index contributed by atoms with van der Waals surface area (Å²) in [6, 6.07) is 5.82. The molecule has 3 rings (SSSR count). The number of rotatable bonds is 3. The molecule has 2 aliphatic heterocycles. The van der Waals surface area contributed by atoms with Crippen molar-refractivity contribution in [2.75, 3.05) is 36.8 Å². The zero-order chi connectivity index (χ0) is 14.8. The minimum Gasteiger partial charge on any atom is -0.393 e. The Morgan fingerprint density at radius 2 is 1.81 bits per heavy atom. The van der Waals surface area contributed by atoms with Gasteiger partial charge < -0.3 is 15.5 Å². The van der Waals surface area contributed by atoms with Crippen molar-refractivity contribution < 1.29 is 4.92 Å². The molecule has 1 aromatic carbocycles. The van der Waals surface area contributed by atoms with E-state index >= 15 is 0 Å². The summed E-state index contributed by atoms with van der Waals surface area (Å²) in [6.45, 7) is 4.39. The first-order chi connectivity index (χ1) is 10.1. The van der Waals surface area contributed by atoms with Gasteiger partial charge in [0, 0.05) is 30.9 Å². The second-order valence-electron chi connectivity index (χ2n) is 5.96. The lowest BCUT2D eigenvalue weighted by Crippen LogP contribution is -2.43. The molecular weight excluding hydrogens is 268 g/mol. The topological polar surface area (TPSA) is 75.6 Å². The second-order valence-corrected chi connectivity index (χ2v) is 5.96.